The van der Waals surface area contributed by atoms with Crippen molar-refractivity contribution in [3.63, 3.8) is 0 Å². The number of piperazine rings is 2. The summed E-state index contributed by atoms with van der Waals surface area (Å²) in [4.78, 5) is 34.3. The Morgan fingerprint density at radius 1 is 0.912 bits per heavy atom. The lowest BCUT2D eigenvalue weighted by Crippen LogP contribution is -2.62. The molecule has 7 heteroatoms. The van der Waals surface area contributed by atoms with Crippen molar-refractivity contribution >= 4 is 23.2 Å². The van der Waals surface area contributed by atoms with Crippen molar-refractivity contribution in [1.82, 2.24) is 9.80 Å². The van der Waals surface area contributed by atoms with Crippen LogP contribution in [0.2, 0.25) is 0 Å². The van der Waals surface area contributed by atoms with E-state index in [4.69, 9.17) is 4.74 Å². The number of amides is 2. The van der Waals surface area contributed by atoms with Gasteiger partial charge in [0.1, 0.15) is 5.75 Å². The van der Waals surface area contributed by atoms with Crippen LogP contribution in [0.4, 0.5) is 11.4 Å². The molecule has 2 amide bonds. The number of hydrogen-bond donors (Lipinski definition) is 0. The molecule has 0 radical (unpaired) electrons. The van der Waals surface area contributed by atoms with Crippen LogP contribution in [0.3, 0.4) is 0 Å². The maximum absolute atomic E-state index is 13.9. The summed E-state index contributed by atoms with van der Waals surface area (Å²) in [7, 11) is 1.70. The second-order valence-corrected chi connectivity index (χ2v) is 9.68. The maximum Gasteiger partial charge on any atom is 0.228 e. The number of benzene rings is 2. The van der Waals surface area contributed by atoms with Crippen LogP contribution in [-0.2, 0) is 16.0 Å². The van der Waals surface area contributed by atoms with Crippen molar-refractivity contribution in [2.24, 2.45) is 5.92 Å². The SMILES string of the molecule is COc1ccc2c(c1)N1CCN(c3ccc(C)cc3)C[C@@H]1[C@H](C(=O)N1CCN(C(C)=O)CC1)C2. The number of fused-ring (bicyclic) bond motifs is 3. The third kappa shape index (κ3) is 4.19. The van der Waals surface area contributed by atoms with Gasteiger partial charge >= 0.3 is 0 Å². The molecule has 0 unspecified atom stereocenters. The third-order valence-electron chi connectivity index (χ3n) is 7.68. The van der Waals surface area contributed by atoms with E-state index in [1.54, 1.807) is 14.0 Å². The van der Waals surface area contributed by atoms with Crippen molar-refractivity contribution < 1.29 is 14.3 Å². The van der Waals surface area contributed by atoms with E-state index in [0.717, 1.165) is 31.8 Å². The average Bonchev–Trinajstić information content (AvgIpc) is 2.87. The molecule has 2 aromatic carbocycles. The number of ether oxygens (including phenoxy) is 1. The van der Waals surface area contributed by atoms with Gasteiger partial charge in [0.25, 0.3) is 0 Å². The molecule has 0 saturated carbocycles. The molecule has 0 spiro atoms. The van der Waals surface area contributed by atoms with Crippen molar-refractivity contribution in [3.05, 3.63) is 53.6 Å². The smallest absolute Gasteiger partial charge is 0.228 e. The zero-order valence-electron chi connectivity index (χ0n) is 20.4. The summed E-state index contributed by atoms with van der Waals surface area (Å²) in [6, 6.07) is 15.0. The minimum absolute atomic E-state index is 0.0832. The van der Waals surface area contributed by atoms with Crippen LogP contribution in [0, 0.1) is 12.8 Å². The van der Waals surface area contributed by atoms with Crippen LogP contribution in [0.25, 0.3) is 0 Å². The lowest BCUT2D eigenvalue weighted by molar-refractivity contribution is -0.142. The van der Waals surface area contributed by atoms with Gasteiger partial charge in [0.2, 0.25) is 11.8 Å². The number of hydrogen-bond acceptors (Lipinski definition) is 5. The molecule has 34 heavy (non-hydrogen) atoms. The van der Waals surface area contributed by atoms with Gasteiger partial charge in [-0.05, 0) is 37.1 Å². The molecule has 3 aliphatic heterocycles. The first kappa shape index (κ1) is 22.6. The van der Waals surface area contributed by atoms with Gasteiger partial charge in [0, 0.05) is 70.2 Å². The normalized spacial score (nSPS) is 22.2. The maximum atomic E-state index is 13.9. The largest absolute Gasteiger partial charge is 0.497 e. The monoisotopic (exact) mass is 462 g/mol. The van der Waals surface area contributed by atoms with E-state index in [0.29, 0.717) is 26.2 Å². The number of carbonyl (C=O) groups is 2. The molecule has 5 rings (SSSR count). The number of methoxy groups -OCH3 is 1. The molecule has 3 heterocycles. The van der Waals surface area contributed by atoms with E-state index in [9.17, 15) is 9.59 Å². The van der Waals surface area contributed by atoms with Crippen LogP contribution >= 0.6 is 0 Å². The number of carbonyl (C=O) groups excluding carboxylic acids is 2. The van der Waals surface area contributed by atoms with Gasteiger partial charge in [0.15, 0.2) is 0 Å². The highest BCUT2D eigenvalue weighted by molar-refractivity contribution is 5.83. The van der Waals surface area contributed by atoms with Crippen molar-refractivity contribution in [2.75, 3.05) is 62.7 Å². The van der Waals surface area contributed by atoms with Gasteiger partial charge in [-0.3, -0.25) is 9.59 Å². The standard InChI is InChI=1S/C27H34N4O3/c1-19-4-7-22(8-5-19)30-14-15-31-25-17-23(34-3)9-6-21(25)16-24(26(31)18-30)27(33)29-12-10-28(11-13-29)20(2)32/h4-9,17,24,26H,10-16,18H2,1-3H3/t24-,26-/m1/s1. The van der Waals surface area contributed by atoms with Crippen LogP contribution < -0.4 is 14.5 Å². The quantitative estimate of drug-likeness (QED) is 0.702. The summed E-state index contributed by atoms with van der Waals surface area (Å²) in [6.07, 6.45) is 0.730. The molecule has 2 aromatic rings. The van der Waals surface area contributed by atoms with Gasteiger partial charge in [-0.2, -0.15) is 0 Å². The van der Waals surface area contributed by atoms with Crippen LogP contribution in [0.5, 0.6) is 5.75 Å². The Labute approximate surface area is 201 Å². The van der Waals surface area contributed by atoms with Crippen LogP contribution in [0.15, 0.2) is 42.5 Å². The minimum Gasteiger partial charge on any atom is -0.497 e. The Balaban J connectivity index is 1.43. The fraction of sp³-hybridized carbons (Fsp3) is 0.481. The van der Waals surface area contributed by atoms with Gasteiger partial charge in [-0.1, -0.05) is 23.8 Å². The van der Waals surface area contributed by atoms with Gasteiger partial charge in [-0.25, -0.2) is 0 Å². The molecule has 0 N–H and O–H groups in total. The lowest BCUT2D eigenvalue weighted by atomic mass is 9.82. The van der Waals surface area contributed by atoms with Crippen molar-refractivity contribution in [3.8, 4) is 5.75 Å². The molecule has 0 aromatic heterocycles. The van der Waals surface area contributed by atoms with E-state index in [2.05, 4.69) is 53.1 Å². The highest BCUT2D eigenvalue weighted by atomic mass is 16.5. The zero-order chi connectivity index (χ0) is 23.8. The Kier molecular flexibility index (Phi) is 6.11. The average molecular weight is 463 g/mol. The summed E-state index contributed by atoms with van der Waals surface area (Å²) in [6.45, 7) is 8.74. The Morgan fingerprint density at radius 3 is 2.29 bits per heavy atom. The molecular formula is C27H34N4O3. The van der Waals surface area contributed by atoms with E-state index < -0.39 is 0 Å². The van der Waals surface area contributed by atoms with Gasteiger partial charge in [0.05, 0.1) is 19.1 Å². The molecule has 2 fully saturated rings. The molecule has 3 aliphatic rings. The first-order chi connectivity index (χ1) is 16.4. The predicted octanol–water partition coefficient (Wildman–Crippen LogP) is 2.56. The van der Waals surface area contributed by atoms with Gasteiger partial charge < -0.3 is 24.3 Å². The first-order valence-electron chi connectivity index (χ1n) is 12.2. The summed E-state index contributed by atoms with van der Waals surface area (Å²) < 4.78 is 5.52. The molecule has 7 nitrogen and oxygen atoms in total. The van der Waals surface area contributed by atoms with Crippen molar-refractivity contribution in [1.29, 1.82) is 0 Å². The summed E-state index contributed by atoms with van der Waals surface area (Å²) in [5.74, 6) is 1.03. The molecule has 2 saturated heterocycles. The first-order valence-corrected chi connectivity index (χ1v) is 12.2. The number of anilines is 2. The lowest BCUT2D eigenvalue weighted by Gasteiger charge is -2.50. The second kappa shape index (κ2) is 9.20. The molecule has 180 valence electrons. The second-order valence-electron chi connectivity index (χ2n) is 9.68. The van der Waals surface area contributed by atoms with Gasteiger partial charge in [-0.15, -0.1) is 0 Å². The van der Waals surface area contributed by atoms with E-state index in [1.165, 1.54) is 22.5 Å². The fourth-order valence-corrected chi connectivity index (χ4v) is 5.66. The summed E-state index contributed by atoms with van der Waals surface area (Å²) in [5.41, 5.74) is 4.86. The Morgan fingerprint density at radius 2 is 1.62 bits per heavy atom. The van der Waals surface area contributed by atoms with Crippen molar-refractivity contribution in [2.45, 2.75) is 26.3 Å². The predicted molar refractivity (Wildman–Crippen MR) is 134 cm³/mol. The Bertz CT molecular complexity index is 1060. The molecular weight excluding hydrogens is 428 g/mol. The number of nitrogens with zero attached hydrogens (tertiary/aromatic N) is 4. The molecule has 2 atom stereocenters. The number of aryl methyl sites for hydroxylation is 1. The minimum atomic E-state index is -0.113. The number of rotatable bonds is 3. The molecule has 0 aliphatic carbocycles. The zero-order valence-corrected chi connectivity index (χ0v) is 20.4. The third-order valence-corrected chi connectivity index (χ3v) is 7.68. The van der Waals surface area contributed by atoms with E-state index >= 15 is 0 Å². The highest BCUT2D eigenvalue weighted by Crippen LogP contribution is 2.39. The van der Waals surface area contributed by atoms with E-state index in [1.807, 2.05) is 15.9 Å². The van der Waals surface area contributed by atoms with E-state index in [-0.39, 0.29) is 23.8 Å². The van der Waals surface area contributed by atoms with Crippen LogP contribution in [-0.4, -0.2) is 80.6 Å². The highest BCUT2D eigenvalue weighted by Gasteiger charge is 2.43. The van der Waals surface area contributed by atoms with Crippen LogP contribution in [0.1, 0.15) is 18.1 Å². The summed E-state index contributed by atoms with van der Waals surface area (Å²) >= 11 is 0. The fourth-order valence-electron chi connectivity index (χ4n) is 5.66. The Hall–Kier alpha value is -3.22. The summed E-state index contributed by atoms with van der Waals surface area (Å²) in [5, 5.41) is 0. The topological polar surface area (TPSA) is 56.3 Å². The molecule has 0 bridgehead atoms.